The Morgan fingerprint density at radius 1 is 1.29 bits per heavy atom. The predicted octanol–water partition coefficient (Wildman–Crippen LogP) is 1.95. The van der Waals surface area contributed by atoms with E-state index >= 15 is 0 Å². The van der Waals surface area contributed by atoms with Gasteiger partial charge in [-0.3, -0.25) is 4.79 Å². The molecule has 0 aliphatic carbocycles. The van der Waals surface area contributed by atoms with E-state index in [0.717, 1.165) is 17.5 Å². The fraction of sp³-hybridized carbons (Fsp3) is 0.417. The summed E-state index contributed by atoms with van der Waals surface area (Å²) < 4.78 is 0. The molecule has 1 atom stereocenters. The Labute approximate surface area is 84.6 Å². The van der Waals surface area contributed by atoms with Crippen LogP contribution in [0.2, 0.25) is 0 Å². The molecule has 1 rings (SSSR count). The number of aliphatic hydroxyl groups is 1. The number of aliphatic hydroxyl groups excluding tert-OH is 1. The monoisotopic (exact) mass is 192 g/mol. The predicted molar refractivity (Wildman–Crippen MR) is 55.9 cm³/mol. The summed E-state index contributed by atoms with van der Waals surface area (Å²) in [5.41, 5.74) is 2.05. The standard InChI is InChI=1S/C12H16O2/c1-9(10(2)14)7-11-3-5-12(8-13)6-4-11/h3-6,9,13H,7-8H2,1-2H3. The lowest BCUT2D eigenvalue weighted by atomic mass is 9.97. The van der Waals surface area contributed by atoms with Gasteiger partial charge < -0.3 is 5.11 Å². The first-order chi connectivity index (χ1) is 6.63. The van der Waals surface area contributed by atoms with Gasteiger partial charge in [0.05, 0.1) is 6.61 Å². The van der Waals surface area contributed by atoms with E-state index in [1.165, 1.54) is 0 Å². The van der Waals surface area contributed by atoms with Crippen LogP contribution in [0.15, 0.2) is 24.3 Å². The molecule has 0 aliphatic rings. The van der Waals surface area contributed by atoms with E-state index in [0.29, 0.717) is 0 Å². The Morgan fingerprint density at radius 3 is 2.21 bits per heavy atom. The lowest BCUT2D eigenvalue weighted by molar-refractivity contribution is -0.120. The number of hydrogen-bond donors (Lipinski definition) is 1. The second-order valence-corrected chi connectivity index (χ2v) is 3.69. The van der Waals surface area contributed by atoms with Crippen molar-refractivity contribution < 1.29 is 9.90 Å². The maximum atomic E-state index is 11.0. The van der Waals surface area contributed by atoms with Crippen LogP contribution in [0.25, 0.3) is 0 Å². The third-order valence-corrected chi connectivity index (χ3v) is 2.44. The number of hydrogen-bond acceptors (Lipinski definition) is 2. The third kappa shape index (κ3) is 2.96. The quantitative estimate of drug-likeness (QED) is 0.791. The Balaban J connectivity index is 2.64. The molecular formula is C12H16O2. The summed E-state index contributed by atoms with van der Waals surface area (Å²) in [6, 6.07) is 7.71. The first-order valence-corrected chi connectivity index (χ1v) is 4.82. The number of carbonyl (C=O) groups excluding carboxylic acids is 1. The molecule has 0 radical (unpaired) electrons. The summed E-state index contributed by atoms with van der Waals surface area (Å²) in [5, 5.41) is 8.84. The van der Waals surface area contributed by atoms with Crippen molar-refractivity contribution in [3.05, 3.63) is 35.4 Å². The van der Waals surface area contributed by atoms with Crippen molar-refractivity contribution in [2.24, 2.45) is 5.92 Å². The number of ketones is 1. The number of carbonyl (C=O) groups is 1. The van der Waals surface area contributed by atoms with Crippen LogP contribution >= 0.6 is 0 Å². The summed E-state index contributed by atoms with van der Waals surface area (Å²) in [6.07, 6.45) is 0.779. The molecule has 2 heteroatoms. The molecule has 14 heavy (non-hydrogen) atoms. The smallest absolute Gasteiger partial charge is 0.132 e. The number of Topliss-reactive ketones (excluding diaryl/α,β-unsaturated/α-hetero) is 1. The molecule has 1 unspecified atom stereocenters. The molecule has 76 valence electrons. The molecule has 0 saturated heterocycles. The number of rotatable bonds is 4. The maximum absolute atomic E-state index is 11.0. The molecule has 1 N–H and O–H groups in total. The van der Waals surface area contributed by atoms with Gasteiger partial charge in [0.25, 0.3) is 0 Å². The number of benzene rings is 1. The largest absolute Gasteiger partial charge is 0.392 e. The van der Waals surface area contributed by atoms with Crippen LogP contribution in [0.1, 0.15) is 25.0 Å². The van der Waals surface area contributed by atoms with E-state index in [-0.39, 0.29) is 18.3 Å². The highest BCUT2D eigenvalue weighted by molar-refractivity contribution is 5.78. The molecule has 0 spiro atoms. The van der Waals surface area contributed by atoms with E-state index in [1.807, 2.05) is 31.2 Å². The molecule has 0 aromatic heterocycles. The van der Waals surface area contributed by atoms with Gasteiger partial charge in [-0.2, -0.15) is 0 Å². The highest BCUT2D eigenvalue weighted by Gasteiger charge is 2.07. The zero-order valence-corrected chi connectivity index (χ0v) is 8.66. The van der Waals surface area contributed by atoms with Gasteiger partial charge in [-0.1, -0.05) is 31.2 Å². The van der Waals surface area contributed by atoms with Gasteiger partial charge in [0.15, 0.2) is 0 Å². The molecule has 1 aromatic rings. The Bertz CT molecular complexity index is 301. The van der Waals surface area contributed by atoms with Gasteiger partial charge >= 0.3 is 0 Å². The van der Waals surface area contributed by atoms with Gasteiger partial charge in [0.2, 0.25) is 0 Å². The van der Waals surface area contributed by atoms with Crippen LogP contribution in [0, 0.1) is 5.92 Å². The first kappa shape index (κ1) is 10.9. The molecule has 0 amide bonds. The summed E-state index contributed by atoms with van der Waals surface area (Å²) in [4.78, 5) is 11.0. The summed E-state index contributed by atoms with van der Waals surface area (Å²) >= 11 is 0. The Hall–Kier alpha value is -1.15. The van der Waals surface area contributed by atoms with Gasteiger partial charge in [-0.05, 0) is 24.5 Å². The van der Waals surface area contributed by atoms with E-state index in [2.05, 4.69) is 0 Å². The van der Waals surface area contributed by atoms with Crippen molar-refractivity contribution in [1.29, 1.82) is 0 Å². The van der Waals surface area contributed by atoms with E-state index in [1.54, 1.807) is 6.92 Å². The van der Waals surface area contributed by atoms with Crippen LogP contribution in [0.5, 0.6) is 0 Å². The normalized spacial score (nSPS) is 12.5. The van der Waals surface area contributed by atoms with Crippen molar-refractivity contribution in [3.63, 3.8) is 0 Å². The third-order valence-electron chi connectivity index (χ3n) is 2.44. The van der Waals surface area contributed by atoms with Crippen molar-refractivity contribution in [2.45, 2.75) is 26.9 Å². The summed E-state index contributed by atoms with van der Waals surface area (Å²) in [6.45, 7) is 3.62. The van der Waals surface area contributed by atoms with Crippen LogP contribution in [-0.2, 0) is 17.8 Å². The minimum absolute atomic E-state index is 0.0720. The molecule has 1 aromatic carbocycles. The SMILES string of the molecule is CC(=O)C(C)Cc1ccc(CO)cc1. The van der Waals surface area contributed by atoms with Gasteiger partial charge in [0, 0.05) is 5.92 Å². The molecule has 0 aliphatic heterocycles. The van der Waals surface area contributed by atoms with E-state index in [4.69, 9.17) is 5.11 Å². The van der Waals surface area contributed by atoms with Crippen molar-refractivity contribution in [2.75, 3.05) is 0 Å². The second-order valence-electron chi connectivity index (χ2n) is 3.69. The Kier molecular flexibility index (Phi) is 3.84. The summed E-state index contributed by atoms with van der Waals surface area (Å²) in [5.74, 6) is 0.297. The van der Waals surface area contributed by atoms with E-state index in [9.17, 15) is 4.79 Å². The lowest BCUT2D eigenvalue weighted by Gasteiger charge is -2.07. The van der Waals surface area contributed by atoms with Crippen molar-refractivity contribution in [1.82, 2.24) is 0 Å². The molecule has 0 heterocycles. The first-order valence-electron chi connectivity index (χ1n) is 4.82. The molecular weight excluding hydrogens is 176 g/mol. The zero-order valence-electron chi connectivity index (χ0n) is 8.66. The Morgan fingerprint density at radius 2 is 1.79 bits per heavy atom. The van der Waals surface area contributed by atoms with Crippen LogP contribution in [0.3, 0.4) is 0 Å². The minimum Gasteiger partial charge on any atom is -0.392 e. The van der Waals surface area contributed by atoms with Gasteiger partial charge in [-0.25, -0.2) is 0 Å². The van der Waals surface area contributed by atoms with Gasteiger partial charge in [-0.15, -0.1) is 0 Å². The molecule has 0 saturated carbocycles. The van der Waals surface area contributed by atoms with Crippen molar-refractivity contribution in [3.8, 4) is 0 Å². The van der Waals surface area contributed by atoms with Crippen LogP contribution in [-0.4, -0.2) is 10.9 Å². The maximum Gasteiger partial charge on any atom is 0.132 e. The summed E-state index contributed by atoms with van der Waals surface area (Å²) in [7, 11) is 0. The molecule has 0 fully saturated rings. The molecule has 0 bridgehead atoms. The van der Waals surface area contributed by atoms with E-state index < -0.39 is 0 Å². The minimum atomic E-state index is 0.0720. The van der Waals surface area contributed by atoms with Crippen LogP contribution < -0.4 is 0 Å². The lowest BCUT2D eigenvalue weighted by Crippen LogP contribution is -2.09. The molecule has 2 nitrogen and oxygen atoms in total. The zero-order chi connectivity index (χ0) is 10.6. The highest BCUT2D eigenvalue weighted by atomic mass is 16.3. The highest BCUT2D eigenvalue weighted by Crippen LogP contribution is 2.10. The van der Waals surface area contributed by atoms with Gasteiger partial charge in [0.1, 0.15) is 5.78 Å². The fourth-order valence-electron chi connectivity index (χ4n) is 1.28. The second kappa shape index (κ2) is 4.91. The fourth-order valence-corrected chi connectivity index (χ4v) is 1.28. The average molecular weight is 192 g/mol. The van der Waals surface area contributed by atoms with Crippen molar-refractivity contribution >= 4 is 5.78 Å². The topological polar surface area (TPSA) is 37.3 Å². The van der Waals surface area contributed by atoms with Crippen LogP contribution in [0.4, 0.5) is 0 Å². The average Bonchev–Trinajstić information content (AvgIpc) is 2.19.